The number of carbonyl (C=O) groups is 1. The summed E-state index contributed by atoms with van der Waals surface area (Å²) in [7, 11) is 0. The largest absolute Gasteiger partial charge is 0.344 e. The highest BCUT2D eigenvalue weighted by Crippen LogP contribution is 2.12. The molecular formula is C11H9N3O2S. The number of amides is 1. The topological polar surface area (TPSA) is 64.0 Å². The van der Waals surface area contributed by atoms with Gasteiger partial charge in [-0.15, -0.1) is 17.8 Å². The van der Waals surface area contributed by atoms with Gasteiger partial charge < -0.3 is 5.32 Å². The first-order valence-corrected chi connectivity index (χ1v) is 5.73. The molecule has 0 bridgehead atoms. The van der Waals surface area contributed by atoms with Crippen LogP contribution in [0.5, 0.6) is 0 Å². The molecule has 5 nitrogen and oxygen atoms in total. The van der Waals surface area contributed by atoms with Crippen molar-refractivity contribution in [2.24, 2.45) is 0 Å². The quantitative estimate of drug-likeness (QED) is 0.788. The van der Waals surface area contributed by atoms with Crippen molar-refractivity contribution in [3.63, 3.8) is 0 Å². The highest BCUT2D eigenvalue weighted by atomic mass is 32.1. The predicted molar refractivity (Wildman–Crippen MR) is 65.7 cm³/mol. The molecule has 0 unspecified atom stereocenters. The van der Waals surface area contributed by atoms with Crippen LogP contribution in [0.2, 0.25) is 0 Å². The number of terminal acetylenes is 1. The van der Waals surface area contributed by atoms with E-state index in [0.717, 1.165) is 0 Å². The van der Waals surface area contributed by atoms with Gasteiger partial charge in [0.05, 0.1) is 18.3 Å². The number of rotatable bonds is 3. The molecule has 0 saturated carbocycles. The third-order valence-corrected chi connectivity index (χ3v) is 2.97. The van der Waals surface area contributed by atoms with E-state index >= 15 is 0 Å². The summed E-state index contributed by atoms with van der Waals surface area (Å²) < 4.78 is 1.26. The third kappa shape index (κ3) is 2.34. The van der Waals surface area contributed by atoms with Crippen LogP contribution >= 0.6 is 11.3 Å². The fraction of sp³-hybridized carbons (Fsp3) is 0.182. The maximum Gasteiger partial charge on any atom is 0.262 e. The molecule has 2 heterocycles. The number of hydrogen-bond donors (Lipinski definition) is 1. The summed E-state index contributed by atoms with van der Waals surface area (Å²) in [6.45, 7) is 0.0843. The minimum Gasteiger partial charge on any atom is -0.344 e. The smallest absolute Gasteiger partial charge is 0.262 e. The Morgan fingerprint density at radius 3 is 3.24 bits per heavy atom. The van der Waals surface area contributed by atoms with E-state index < -0.39 is 0 Å². The number of fused-ring (bicyclic) bond motifs is 1. The van der Waals surface area contributed by atoms with Crippen molar-refractivity contribution >= 4 is 27.5 Å². The van der Waals surface area contributed by atoms with Crippen molar-refractivity contribution in [3.8, 4) is 12.3 Å². The van der Waals surface area contributed by atoms with Crippen molar-refractivity contribution in [1.29, 1.82) is 0 Å². The Morgan fingerprint density at radius 1 is 1.65 bits per heavy atom. The van der Waals surface area contributed by atoms with Crippen molar-refractivity contribution < 1.29 is 4.79 Å². The fourth-order valence-corrected chi connectivity index (χ4v) is 2.09. The Kier molecular flexibility index (Phi) is 3.21. The molecule has 0 saturated heterocycles. The monoisotopic (exact) mass is 247 g/mol. The minimum atomic E-state index is -0.304. The van der Waals surface area contributed by atoms with Gasteiger partial charge in [-0.2, -0.15) is 0 Å². The Balaban J connectivity index is 2.25. The minimum absolute atomic E-state index is 0.0701. The molecule has 2 rings (SSSR count). The van der Waals surface area contributed by atoms with Crippen LogP contribution in [0.25, 0.3) is 10.2 Å². The number of nitrogens with zero attached hydrogens (tertiary/aromatic N) is 2. The number of thiophene rings is 1. The number of aromatic nitrogens is 2. The first kappa shape index (κ1) is 11.4. The van der Waals surface area contributed by atoms with Crippen LogP contribution in [-0.4, -0.2) is 22.0 Å². The van der Waals surface area contributed by atoms with Gasteiger partial charge in [0.15, 0.2) is 0 Å². The van der Waals surface area contributed by atoms with E-state index in [9.17, 15) is 9.59 Å². The first-order valence-electron chi connectivity index (χ1n) is 4.85. The lowest BCUT2D eigenvalue weighted by Gasteiger charge is -2.04. The van der Waals surface area contributed by atoms with E-state index in [1.807, 2.05) is 0 Å². The van der Waals surface area contributed by atoms with Crippen molar-refractivity contribution in [2.45, 2.75) is 6.54 Å². The fourth-order valence-electron chi connectivity index (χ4n) is 1.37. The maximum absolute atomic E-state index is 11.9. The van der Waals surface area contributed by atoms with Gasteiger partial charge in [0.2, 0.25) is 5.91 Å². The average Bonchev–Trinajstić information content (AvgIpc) is 2.79. The SMILES string of the molecule is C#CCNC(=O)Cn1cnc2sccc2c1=O. The lowest BCUT2D eigenvalue weighted by molar-refractivity contribution is -0.121. The molecule has 2 aromatic rings. The molecule has 0 aliphatic heterocycles. The lowest BCUT2D eigenvalue weighted by atomic mass is 10.4. The molecule has 86 valence electrons. The molecule has 0 spiro atoms. The van der Waals surface area contributed by atoms with Gasteiger partial charge in [0.1, 0.15) is 11.4 Å². The molecule has 0 aliphatic rings. The maximum atomic E-state index is 11.9. The summed E-state index contributed by atoms with van der Waals surface area (Å²) in [5.74, 6) is 1.99. The zero-order valence-electron chi connectivity index (χ0n) is 8.84. The van der Waals surface area contributed by atoms with E-state index in [-0.39, 0.29) is 24.6 Å². The van der Waals surface area contributed by atoms with Gasteiger partial charge in [-0.1, -0.05) is 5.92 Å². The van der Waals surface area contributed by atoms with E-state index in [0.29, 0.717) is 10.2 Å². The molecule has 0 aromatic carbocycles. The van der Waals surface area contributed by atoms with Crippen molar-refractivity contribution in [2.75, 3.05) is 6.54 Å². The molecule has 6 heteroatoms. The van der Waals surface area contributed by atoms with E-state index in [1.54, 1.807) is 11.4 Å². The van der Waals surface area contributed by atoms with Crippen LogP contribution < -0.4 is 10.9 Å². The van der Waals surface area contributed by atoms with Gasteiger partial charge in [0, 0.05) is 0 Å². The standard InChI is InChI=1S/C11H9N3O2S/c1-2-4-12-9(15)6-14-7-13-10-8(11(14)16)3-5-17-10/h1,3,5,7H,4,6H2,(H,12,15). The summed E-state index contributed by atoms with van der Waals surface area (Å²) in [5, 5.41) is 4.81. The van der Waals surface area contributed by atoms with Crippen molar-refractivity contribution in [1.82, 2.24) is 14.9 Å². The molecule has 0 aliphatic carbocycles. The Hall–Kier alpha value is -2.13. The summed E-state index contributed by atoms with van der Waals surface area (Å²) in [6, 6.07) is 1.70. The molecule has 0 fully saturated rings. The van der Waals surface area contributed by atoms with E-state index in [1.165, 1.54) is 22.2 Å². The Bertz CT molecular complexity index is 651. The van der Waals surface area contributed by atoms with Crippen LogP contribution in [0, 0.1) is 12.3 Å². The number of nitrogens with one attached hydrogen (secondary N) is 1. The Morgan fingerprint density at radius 2 is 2.47 bits per heavy atom. The number of hydrogen-bond acceptors (Lipinski definition) is 4. The molecule has 1 N–H and O–H groups in total. The van der Waals surface area contributed by atoms with E-state index in [2.05, 4.69) is 16.2 Å². The summed E-state index contributed by atoms with van der Waals surface area (Å²) in [4.78, 5) is 28.1. The molecular weight excluding hydrogens is 238 g/mol. The van der Waals surface area contributed by atoms with E-state index in [4.69, 9.17) is 6.42 Å². The molecule has 17 heavy (non-hydrogen) atoms. The van der Waals surface area contributed by atoms with Gasteiger partial charge in [0.25, 0.3) is 5.56 Å². The normalized spacial score (nSPS) is 10.1. The highest BCUT2D eigenvalue weighted by Gasteiger charge is 2.07. The van der Waals surface area contributed by atoms with Crippen LogP contribution in [0.3, 0.4) is 0 Å². The zero-order valence-corrected chi connectivity index (χ0v) is 9.66. The molecule has 1 amide bonds. The summed E-state index contributed by atoms with van der Waals surface area (Å²) in [5.41, 5.74) is -0.216. The summed E-state index contributed by atoms with van der Waals surface area (Å²) in [6.07, 6.45) is 6.39. The molecule has 0 radical (unpaired) electrons. The second-order valence-corrected chi connectivity index (χ2v) is 4.19. The second kappa shape index (κ2) is 4.80. The van der Waals surface area contributed by atoms with Crippen LogP contribution in [0.4, 0.5) is 0 Å². The van der Waals surface area contributed by atoms with Gasteiger partial charge in [-0.25, -0.2) is 4.98 Å². The van der Waals surface area contributed by atoms with Crippen LogP contribution in [-0.2, 0) is 11.3 Å². The third-order valence-electron chi connectivity index (χ3n) is 2.15. The van der Waals surface area contributed by atoms with Gasteiger partial charge in [-0.3, -0.25) is 14.2 Å². The highest BCUT2D eigenvalue weighted by molar-refractivity contribution is 7.16. The molecule has 2 aromatic heterocycles. The van der Waals surface area contributed by atoms with Gasteiger partial charge in [-0.05, 0) is 11.4 Å². The summed E-state index contributed by atoms with van der Waals surface area (Å²) >= 11 is 1.39. The molecule has 0 atom stereocenters. The first-order chi connectivity index (χ1) is 8.22. The lowest BCUT2D eigenvalue weighted by Crippen LogP contribution is -2.32. The zero-order chi connectivity index (χ0) is 12.3. The predicted octanol–water partition coefficient (Wildman–Crippen LogP) is 0.207. The van der Waals surface area contributed by atoms with Crippen LogP contribution in [0.1, 0.15) is 0 Å². The van der Waals surface area contributed by atoms with Crippen molar-refractivity contribution in [3.05, 3.63) is 28.1 Å². The van der Waals surface area contributed by atoms with Gasteiger partial charge >= 0.3 is 0 Å². The van der Waals surface area contributed by atoms with Crippen LogP contribution in [0.15, 0.2) is 22.6 Å². The Labute approximate surface area is 101 Å². The second-order valence-electron chi connectivity index (χ2n) is 3.30. The number of carbonyl (C=O) groups excluding carboxylic acids is 1. The average molecular weight is 247 g/mol.